The number of benzene rings is 1. The lowest BCUT2D eigenvalue weighted by atomic mass is 10.2. The Morgan fingerprint density at radius 1 is 1.50 bits per heavy atom. The van der Waals surface area contributed by atoms with Gasteiger partial charge >= 0.3 is 0 Å². The van der Waals surface area contributed by atoms with E-state index < -0.39 is 0 Å². The summed E-state index contributed by atoms with van der Waals surface area (Å²) >= 11 is 9.51. The highest BCUT2D eigenvalue weighted by molar-refractivity contribution is 7.99. The van der Waals surface area contributed by atoms with Crippen molar-refractivity contribution >= 4 is 34.7 Å². The third-order valence-corrected chi connectivity index (χ3v) is 4.78. The van der Waals surface area contributed by atoms with Crippen LogP contribution in [0.25, 0.3) is 0 Å². The van der Waals surface area contributed by atoms with Crippen molar-refractivity contribution < 1.29 is 0 Å². The van der Waals surface area contributed by atoms with Crippen molar-refractivity contribution in [1.29, 1.82) is 0 Å². The van der Waals surface area contributed by atoms with Gasteiger partial charge in [-0.1, -0.05) is 17.7 Å². The zero-order valence-corrected chi connectivity index (χ0v) is 12.5. The zero-order valence-electron chi connectivity index (χ0n) is 10.1. The quantitative estimate of drug-likeness (QED) is 0.823. The lowest BCUT2D eigenvalue weighted by molar-refractivity contribution is 0.621. The lowest BCUT2D eigenvalue weighted by Gasteiger charge is -2.14. The molecule has 1 unspecified atom stereocenters. The van der Waals surface area contributed by atoms with E-state index in [9.17, 15) is 0 Å². The van der Waals surface area contributed by atoms with Crippen molar-refractivity contribution in [1.82, 2.24) is 10.3 Å². The minimum atomic E-state index is 0.453. The number of hydrogen-bond acceptors (Lipinski definition) is 4. The van der Waals surface area contributed by atoms with Crippen LogP contribution in [0.5, 0.6) is 0 Å². The van der Waals surface area contributed by atoms with Crippen molar-refractivity contribution in [2.75, 3.05) is 12.8 Å². The van der Waals surface area contributed by atoms with Crippen LogP contribution in [-0.4, -0.2) is 23.8 Å². The topological polar surface area (TPSA) is 24.9 Å². The van der Waals surface area contributed by atoms with E-state index in [0.717, 1.165) is 17.2 Å². The molecule has 0 saturated carbocycles. The van der Waals surface area contributed by atoms with E-state index in [0.29, 0.717) is 6.04 Å². The molecule has 0 aliphatic rings. The highest BCUT2D eigenvalue weighted by Gasteiger charge is 2.09. The second-order valence-corrected chi connectivity index (χ2v) is 6.43. The van der Waals surface area contributed by atoms with E-state index in [4.69, 9.17) is 11.6 Å². The van der Waals surface area contributed by atoms with Crippen LogP contribution in [0.3, 0.4) is 0 Å². The van der Waals surface area contributed by atoms with Gasteiger partial charge in [-0.3, -0.25) is 4.98 Å². The molecule has 1 heterocycles. The van der Waals surface area contributed by atoms with E-state index in [1.54, 1.807) is 11.3 Å². The second-order valence-electron chi connectivity index (χ2n) is 3.93. The van der Waals surface area contributed by atoms with Gasteiger partial charge in [0.15, 0.2) is 0 Å². The van der Waals surface area contributed by atoms with Gasteiger partial charge in [-0.15, -0.1) is 23.1 Å². The minimum Gasteiger partial charge on any atom is -0.316 e. The number of likely N-dealkylation sites (N-methyl/N-ethyl adjacent to an activating group) is 1. The molecule has 1 aromatic carbocycles. The molecule has 0 aliphatic carbocycles. The summed E-state index contributed by atoms with van der Waals surface area (Å²) in [5.41, 5.74) is 1.88. The molecule has 1 atom stereocenters. The molecule has 18 heavy (non-hydrogen) atoms. The molecule has 1 N–H and O–H groups in total. The monoisotopic (exact) mass is 298 g/mol. The zero-order chi connectivity index (χ0) is 12.8. The van der Waals surface area contributed by atoms with Gasteiger partial charge in [0.25, 0.3) is 0 Å². The summed E-state index contributed by atoms with van der Waals surface area (Å²) in [6.07, 6.45) is 2.97. The Balaban J connectivity index is 1.87. The molecule has 2 rings (SSSR count). The van der Waals surface area contributed by atoms with Crippen LogP contribution in [0.15, 0.2) is 40.9 Å². The fraction of sp³-hybridized carbons (Fsp3) is 0.308. The summed E-state index contributed by atoms with van der Waals surface area (Å²) in [6, 6.07) is 8.44. The summed E-state index contributed by atoms with van der Waals surface area (Å²) in [5.74, 6) is 1.02. The van der Waals surface area contributed by atoms with Crippen molar-refractivity contribution in [2.24, 2.45) is 0 Å². The van der Waals surface area contributed by atoms with Crippen molar-refractivity contribution in [3.8, 4) is 0 Å². The first-order valence-corrected chi connectivity index (χ1v) is 7.95. The Morgan fingerprint density at radius 3 is 3.06 bits per heavy atom. The molecule has 0 spiro atoms. The van der Waals surface area contributed by atoms with Crippen molar-refractivity contribution in [2.45, 2.75) is 17.4 Å². The Morgan fingerprint density at radius 2 is 2.39 bits per heavy atom. The van der Waals surface area contributed by atoms with Gasteiger partial charge in [0.2, 0.25) is 0 Å². The van der Waals surface area contributed by atoms with Gasteiger partial charge in [-0.25, -0.2) is 0 Å². The summed E-state index contributed by atoms with van der Waals surface area (Å²) in [6.45, 7) is 0. The Kier molecular flexibility index (Phi) is 5.50. The average Bonchev–Trinajstić information content (AvgIpc) is 2.87. The molecule has 5 heteroatoms. The van der Waals surface area contributed by atoms with Crippen LogP contribution < -0.4 is 5.32 Å². The third-order valence-electron chi connectivity index (χ3n) is 2.59. The first-order chi connectivity index (χ1) is 8.78. The summed E-state index contributed by atoms with van der Waals surface area (Å²) in [5, 5.41) is 4.15. The largest absolute Gasteiger partial charge is 0.316 e. The van der Waals surface area contributed by atoms with Gasteiger partial charge in [0.05, 0.1) is 5.51 Å². The number of thiazole rings is 1. The van der Waals surface area contributed by atoms with Crippen LogP contribution in [0.2, 0.25) is 5.02 Å². The predicted octanol–water partition coefficient (Wildman–Crippen LogP) is 3.72. The molecule has 0 aliphatic heterocycles. The molecule has 2 nitrogen and oxygen atoms in total. The van der Waals surface area contributed by atoms with Gasteiger partial charge in [-0.2, -0.15) is 0 Å². The Hall–Kier alpha value is -0.550. The van der Waals surface area contributed by atoms with Crippen LogP contribution in [-0.2, 0) is 6.42 Å². The van der Waals surface area contributed by atoms with Crippen LogP contribution >= 0.6 is 34.7 Å². The molecule has 0 fully saturated rings. The second kappa shape index (κ2) is 7.14. The molecule has 0 amide bonds. The summed E-state index contributed by atoms with van der Waals surface area (Å²) < 4.78 is 0. The fourth-order valence-electron chi connectivity index (χ4n) is 1.58. The van der Waals surface area contributed by atoms with Crippen LogP contribution in [0, 0.1) is 0 Å². The fourth-order valence-corrected chi connectivity index (χ4v) is 3.58. The van der Waals surface area contributed by atoms with Crippen molar-refractivity contribution in [3.05, 3.63) is 45.9 Å². The molecule has 0 saturated heterocycles. The Bertz CT molecular complexity index is 474. The summed E-state index contributed by atoms with van der Waals surface area (Å²) in [7, 11) is 2.00. The van der Waals surface area contributed by atoms with Crippen LogP contribution in [0.1, 0.15) is 4.88 Å². The van der Waals surface area contributed by atoms with Gasteiger partial charge in [0, 0.05) is 32.8 Å². The number of rotatable bonds is 6. The van der Waals surface area contributed by atoms with E-state index in [-0.39, 0.29) is 0 Å². The SMILES string of the molecule is CNC(CSc1cccc(Cl)c1)Cc1cncs1. The van der Waals surface area contributed by atoms with Crippen LogP contribution in [0.4, 0.5) is 0 Å². The lowest BCUT2D eigenvalue weighted by Crippen LogP contribution is -2.29. The molecule has 0 bridgehead atoms. The van der Waals surface area contributed by atoms with Gasteiger partial charge in [-0.05, 0) is 31.7 Å². The first-order valence-electron chi connectivity index (χ1n) is 5.71. The van der Waals surface area contributed by atoms with E-state index in [1.807, 2.05) is 48.7 Å². The van der Waals surface area contributed by atoms with E-state index in [2.05, 4.69) is 16.4 Å². The molecular formula is C13H15ClN2S2. The third kappa shape index (κ3) is 4.28. The Labute approximate surface area is 121 Å². The average molecular weight is 299 g/mol. The molecule has 1 aromatic heterocycles. The number of aromatic nitrogens is 1. The number of thioether (sulfide) groups is 1. The molecule has 0 radical (unpaired) electrons. The maximum Gasteiger partial charge on any atom is 0.0794 e. The molecular weight excluding hydrogens is 284 g/mol. The number of halogens is 1. The van der Waals surface area contributed by atoms with Crippen molar-refractivity contribution in [3.63, 3.8) is 0 Å². The number of nitrogens with zero attached hydrogens (tertiary/aromatic N) is 1. The highest BCUT2D eigenvalue weighted by atomic mass is 35.5. The highest BCUT2D eigenvalue weighted by Crippen LogP contribution is 2.23. The first kappa shape index (κ1) is 13.9. The maximum absolute atomic E-state index is 5.97. The van der Waals surface area contributed by atoms with Gasteiger partial charge in [0.1, 0.15) is 0 Å². The van der Waals surface area contributed by atoms with E-state index >= 15 is 0 Å². The smallest absolute Gasteiger partial charge is 0.0794 e. The maximum atomic E-state index is 5.97. The standard InChI is InChI=1S/C13H15ClN2S2/c1-15-11(6-13-7-16-9-18-13)8-17-12-4-2-3-10(14)5-12/h2-5,7,9,11,15H,6,8H2,1H3. The van der Waals surface area contributed by atoms with Gasteiger partial charge < -0.3 is 5.32 Å². The summed E-state index contributed by atoms with van der Waals surface area (Å²) in [4.78, 5) is 6.64. The molecule has 96 valence electrons. The van der Waals surface area contributed by atoms with E-state index in [1.165, 1.54) is 9.77 Å². The molecule has 2 aromatic rings. The normalized spacial score (nSPS) is 12.6. The minimum absolute atomic E-state index is 0.453. The number of nitrogens with one attached hydrogen (secondary N) is 1. The number of hydrogen-bond donors (Lipinski definition) is 1. The predicted molar refractivity (Wildman–Crippen MR) is 80.8 cm³/mol.